The number of hydrogen-bond acceptors (Lipinski definition) is 9. The molecule has 1 heterocycles. The Labute approximate surface area is 291 Å². The van der Waals surface area contributed by atoms with Gasteiger partial charge in [-0.05, 0) is 100 Å². The standard InChI is InChI=1S/C35H42N8O6S/c1-40(2)18-9-19-41(3)21-17-36-34(44)32-14-8-20-42(32)50(48,49)28-15-16-30(33(24-28)43(46)47)38-39-35(45)37-31-23-26-11-5-4-10-25(26)22-27-12-6-7-13-29(27)31/h4-8,10-16,20,24,31,38H,9,17-19,21-23H2,1-3H3,(H,36,44)(H2,37,39,45). The van der Waals surface area contributed by atoms with Crippen LogP contribution >= 0.6 is 0 Å². The van der Waals surface area contributed by atoms with Crippen molar-refractivity contribution in [2.24, 2.45) is 0 Å². The predicted octanol–water partition coefficient (Wildman–Crippen LogP) is 3.76. The molecule has 0 radical (unpaired) electrons. The zero-order chi connectivity index (χ0) is 35.8. The van der Waals surface area contributed by atoms with Gasteiger partial charge in [0.05, 0.1) is 15.9 Å². The monoisotopic (exact) mass is 702 g/mol. The summed E-state index contributed by atoms with van der Waals surface area (Å²) >= 11 is 0. The Bertz CT molecular complexity index is 1960. The van der Waals surface area contributed by atoms with Gasteiger partial charge in [0.15, 0.2) is 0 Å². The number of nitro benzene ring substituents is 1. The van der Waals surface area contributed by atoms with Crippen molar-refractivity contribution in [2.75, 3.05) is 52.7 Å². The summed E-state index contributed by atoms with van der Waals surface area (Å²) < 4.78 is 28.0. The molecule has 0 saturated carbocycles. The summed E-state index contributed by atoms with van der Waals surface area (Å²) in [6.45, 7) is 2.65. The molecule has 3 aromatic carbocycles. The molecule has 1 unspecified atom stereocenters. The average molecular weight is 703 g/mol. The highest BCUT2D eigenvalue weighted by Crippen LogP contribution is 2.31. The van der Waals surface area contributed by atoms with E-state index in [0.29, 0.717) is 19.5 Å². The van der Waals surface area contributed by atoms with Crippen LogP contribution in [0.15, 0.2) is 90.0 Å². The molecule has 4 N–H and O–H groups in total. The molecule has 0 bridgehead atoms. The molecular weight excluding hydrogens is 661 g/mol. The van der Waals surface area contributed by atoms with Crippen LogP contribution in [0.1, 0.15) is 45.2 Å². The molecular formula is C35H42N8O6S. The van der Waals surface area contributed by atoms with E-state index in [2.05, 4.69) is 37.4 Å². The van der Waals surface area contributed by atoms with E-state index in [1.54, 1.807) is 0 Å². The molecule has 14 nitrogen and oxygen atoms in total. The van der Waals surface area contributed by atoms with Crippen LogP contribution in [0.2, 0.25) is 0 Å². The van der Waals surface area contributed by atoms with Crippen molar-refractivity contribution in [1.29, 1.82) is 0 Å². The highest BCUT2D eigenvalue weighted by molar-refractivity contribution is 7.90. The van der Waals surface area contributed by atoms with Crippen LogP contribution in [-0.2, 0) is 22.9 Å². The zero-order valence-electron chi connectivity index (χ0n) is 28.3. The van der Waals surface area contributed by atoms with Crippen LogP contribution in [-0.4, -0.2) is 86.4 Å². The molecule has 4 aromatic rings. The molecule has 1 aliphatic carbocycles. The number of fused-ring (bicyclic) bond motifs is 2. The summed E-state index contributed by atoms with van der Waals surface area (Å²) in [5.41, 5.74) is 8.51. The molecule has 1 aliphatic rings. The Morgan fingerprint density at radius 2 is 1.64 bits per heavy atom. The maximum Gasteiger partial charge on any atom is 0.333 e. The summed E-state index contributed by atoms with van der Waals surface area (Å²) in [4.78, 5) is 41.1. The second-order valence-corrected chi connectivity index (χ2v) is 14.3. The first-order valence-electron chi connectivity index (χ1n) is 16.2. The number of benzene rings is 3. The lowest BCUT2D eigenvalue weighted by atomic mass is 9.98. The van der Waals surface area contributed by atoms with Crippen molar-refractivity contribution >= 4 is 33.3 Å². The van der Waals surface area contributed by atoms with Crippen LogP contribution in [0.25, 0.3) is 0 Å². The SMILES string of the molecule is CN(C)CCCN(C)CCNC(=O)c1cccn1S(=O)(=O)c1ccc(NNC(=O)NC2Cc3ccccc3Cc3ccccc32)c([N+](=O)[O-])c1. The zero-order valence-corrected chi connectivity index (χ0v) is 29.1. The van der Waals surface area contributed by atoms with E-state index in [1.807, 2.05) is 63.6 Å². The molecule has 0 spiro atoms. The number of nitrogens with one attached hydrogen (secondary N) is 4. The number of hydrogen-bond donors (Lipinski definition) is 4. The number of anilines is 1. The summed E-state index contributed by atoms with van der Waals surface area (Å²) in [5, 5.41) is 17.8. The summed E-state index contributed by atoms with van der Waals surface area (Å²) in [6, 6.07) is 21.0. The third kappa shape index (κ3) is 8.66. The fourth-order valence-corrected chi connectivity index (χ4v) is 7.32. The average Bonchev–Trinajstić information content (AvgIpc) is 3.53. The number of likely N-dealkylation sites (N-methyl/N-ethyl adjacent to an activating group) is 1. The van der Waals surface area contributed by atoms with Crippen molar-refractivity contribution in [3.63, 3.8) is 0 Å². The van der Waals surface area contributed by atoms with E-state index < -0.39 is 37.5 Å². The second-order valence-electron chi connectivity index (χ2n) is 12.5. The first-order valence-corrected chi connectivity index (χ1v) is 17.7. The lowest BCUT2D eigenvalue weighted by molar-refractivity contribution is -0.384. The van der Waals surface area contributed by atoms with Gasteiger partial charge in [-0.2, -0.15) is 0 Å². The van der Waals surface area contributed by atoms with Gasteiger partial charge >= 0.3 is 6.03 Å². The largest absolute Gasteiger partial charge is 0.349 e. The Morgan fingerprint density at radius 1 is 0.920 bits per heavy atom. The first kappa shape index (κ1) is 36.0. The number of nitro groups is 1. The summed E-state index contributed by atoms with van der Waals surface area (Å²) in [5.74, 6) is -0.594. The topological polar surface area (TPSA) is 171 Å². The summed E-state index contributed by atoms with van der Waals surface area (Å²) in [7, 11) is 1.55. The van der Waals surface area contributed by atoms with Crippen LogP contribution < -0.4 is 21.5 Å². The fourth-order valence-electron chi connectivity index (χ4n) is 5.96. The minimum atomic E-state index is -4.40. The molecule has 0 saturated heterocycles. The number of amides is 3. The molecule has 5 rings (SSSR count). The van der Waals surface area contributed by atoms with Gasteiger partial charge < -0.3 is 20.4 Å². The molecule has 50 heavy (non-hydrogen) atoms. The fraction of sp³-hybridized carbons (Fsp3) is 0.314. The van der Waals surface area contributed by atoms with Gasteiger partial charge in [-0.25, -0.2) is 17.2 Å². The van der Waals surface area contributed by atoms with Crippen LogP contribution in [0, 0.1) is 10.1 Å². The van der Waals surface area contributed by atoms with Crippen LogP contribution in [0.4, 0.5) is 16.2 Å². The van der Waals surface area contributed by atoms with E-state index in [4.69, 9.17) is 0 Å². The number of nitrogens with zero attached hydrogens (tertiary/aromatic N) is 4. The van der Waals surface area contributed by atoms with E-state index >= 15 is 0 Å². The number of aromatic nitrogens is 1. The highest BCUT2D eigenvalue weighted by Gasteiger charge is 2.27. The summed E-state index contributed by atoms with van der Waals surface area (Å²) in [6.07, 6.45) is 3.47. The third-order valence-electron chi connectivity index (χ3n) is 8.56. The number of carbonyl (C=O) groups excluding carboxylic acids is 2. The maximum atomic E-state index is 13.6. The van der Waals surface area contributed by atoms with Gasteiger partial charge in [-0.3, -0.25) is 25.8 Å². The Hall–Kier alpha value is -5.25. The molecule has 1 aromatic heterocycles. The van der Waals surface area contributed by atoms with Crippen molar-refractivity contribution in [1.82, 2.24) is 29.8 Å². The van der Waals surface area contributed by atoms with Crippen LogP contribution in [0.5, 0.6) is 0 Å². The third-order valence-corrected chi connectivity index (χ3v) is 10.2. The Kier molecular flexibility index (Phi) is 11.5. The van der Waals surface area contributed by atoms with Crippen molar-refractivity contribution in [3.05, 3.63) is 123 Å². The van der Waals surface area contributed by atoms with Crippen molar-refractivity contribution in [2.45, 2.75) is 30.2 Å². The van der Waals surface area contributed by atoms with Gasteiger partial charge in [0, 0.05) is 25.4 Å². The minimum absolute atomic E-state index is 0.129. The second kappa shape index (κ2) is 16.0. The smallest absolute Gasteiger partial charge is 0.333 e. The van der Waals surface area contributed by atoms with E-state index in [-0.39, 0.29) is 17.4 Å². The molecule has 3 amide bonds. The van der Waals surface area contributed by atoms with Crippen molar-refractivity contribution in [3.8, 4) is 0 Å². The lowest BCUT2D eigenvalue weighted by Gasteiger charge is -2.20. The van der Waals surface area contributed by atoms with Gasteiger partial charge in [0.2, 0.25) is 0 Å². The van der Waals surface area contributed by atoms with Crippen LogP contribution in [0.3, 0.4) is 0 Å². The van der Waals surface area contributed by atoms with Gasteiger partial charge in [0.1, 0.15) is 11.4 Å². The number of rotatable bonds is 14. The maximum absolute atomic E-state index is 13.6. The minimum Gasteiger partial charge on any atom is -0.349 e. The Morgan fingerprint density at radius 3 is 2.38 bits per heavy atom. The lowest BCUT2D eigenvalue weighted by Crippen LogP contribution is -2.41. The normalized spacial score (nSPS) is 14.0. The number of urea groups is 1. The number of hydrazine groups is 1. The van der Waals surface area contributed by atoms with E-state index in [1.165, 1.54) is 36.0 Å². The molecule has 0 fully saturated rings. The van der Waals surface area contributed by atoms with Gasteiger partial charge in [-0.15, -0.1) is 0 Å². The van der Waals surface area contributed by atoms with Crippen molar-refractivity contribution < 1.29 is 22.9 Å². The number of carbonyl (C=O) groups is 2. The quantitative estimate of drug-likeness (QED) is 0.113. The highest BCUT2D eigenvalue weighted by atomic mass is 32.2. The Balaban J connectivity index is 1.24. The van der Waals surface area contributed by atoms with Gasteiger partial charge in [-0.1, -0.05) is 48.5 Å². The molecule has 264 valence electrons. The predicted molar refractivity (Wildman–Crippen MR) is 191 cm³/mol. The molecule has 0 aliphatic heterocycles. The van der Waals surface area contributed by atoms with E-state index in [0.717, 1.165) is 52.7 Å². The molecule has 15 heteroatoms. The molecule has 1 atom stereocenters. The van der Waals surface area contributed by atoms with Gasteiger partial charge in [0.25, 0.3) is 21.6 Å². The first-order chi connectivity index (χ1) is 23.9. The van der Waals surface area contributed by atoms with E-state index in [9.17, 15) is 28.1 Å².